The van der Waals surface area contributed by atoms with E-state index in [9.17, 15) is 0 Å². The van der Waals surface area contributed by atoms with Crippen LogP contribution in [0.1, 0.15) is 11.1 Å². The fourth-order valence-corrected chi connectivity index (χ4v) is 2.81. The molecule has 3 aromatic rings. The molecule has 140 valence electrons. The summed E-state index contributed by atoms with van der Waals surface area (Å²) in [7, 11) is 3.34. The van der Waals surface area contributed by atoms with E-state index < -0.39 is 0 Å². The molecular formula is C21H24N4O2. The van der Waals surface area contributed by atoms with Crippen molar-refractivity contribution in [3.8, 4) is 11.5 Å². The third kappa shape index (κ3) is 4.88. The number of aromatic nitrogens is 2. The zero-order chi connectivity index (χ0) is 19.1. The zero-order valence-electron chi connectivity index (χ0n) is 15.8. The number of aryl methyl sites for hydroxylation is 1. The molecule has 27 heavy (non-hydrogen) atoms. The van der Waals surface area contributed by atoms with Crippen molar-refractivity contribution in [2.24, 2.45) is 0 Å². The number of ether oxygens (including phenoxy) is 2. The number of nitrogens with one attached hydrogen (secondary N) is 2. The summed E-state index contributed by atoms with van der Waals surface area (Å²) in [6.07, 6.45) is 2.37. The average molecular weight is 364 g/mol. The second-order valence-electron chi connectivity index (χ2n) is 6.11. The van der Waals surface area contributed by atoms with E-state index >= 15 is 0 Å². The lowest BCUT2D eigenvalue weighted by molar-refractivity contribution is 0.410. The maximum Gasteiger partial charge on any atom is 0.142 e. The topological polar surface area (TPSA) is 68.3 Å². The Kier molecular flexibility index (Phi) is 6.10. The summed E-state index contributed by atoms with van der Waals surface area (Å²) in [5.74, 6) is 3.13. The first kappa shape index (κ1) is 18.5. The van der Waals surface area contributed by atoms with Gasteiger partial charge in [0.05, 0.1) is 19.9 Å². The SMILES string of the molecule is COc1ccccc1CCNc1cc(Nc2cc(C)ccc2OC)ncn1. The second kappa shape index (κ2) is 8.89. The lowest BCUT2D eigenvalue weighted by Gasteiger charge is -2.13. The summed E-state index contributed by atoms with van der Waals surface area (Å²) in [5, 5.41) is 6.63. The number of nitrogens with zero attached hydrogens (tertiary/aromatic N) is 2. The van der Waals surface area contributed by atoms with Gasteiger partial charge in [-0.3, -0.25) is 0 Å². The smallest absolute Gasteiger partial charge is 0.142 e. The maximum atomic E-state index is 5.41. The van der Waals surface area contributed by atoms with Gasteiger partial charge in [-0.1, -0.05) is 24.3 Å². The Morgan fingerprint density at radius 3 is 2.48 bits per heavy atom. The quantitative estimate of drug-likeness (QED) is 0.624. The number of anilines is 3. The van der Waals surface area contributed by atoms with Crippen molar-refractivity contribution in [1.82, 2.24) is 9.97 Å². The van der Waals surface area contributed by atoms with E-state index in [2.05, 4.69) is 26.7 Å². The van der Waals surface area contributed by atoms with Gasteiger partial charge in [-0.2, -0.15) is 0 Å². The van der Waals surface area contributed by atoms with E-state index in [1.165, 1.54) is 6.33 Å². The Labute approximate surface area is 159 Å². The van der Waals surface area contributed by atoms with E-state index in [4.69, 9.17) is 9.47 Å². The van der Waals surface area contributed by atoms with Gasteiger partial charge in [-0.25, -0.2) is 9.97 Å². The van der Waals surface area contributed by atoms with Crippen LogP contribution in [0.4, 0.5) is 17.3 Å². The van der Waals surface area contributed by atoms with Gasteiger partial charge in [0.25, 0.3) is 0 Å². The van der Waals surface area contributed by atoms with Crippen molar-refractivity contribution in [3.63, 3.8) is 0 Å². The van der Waals surface area contributed by atoms with Gasteiger partial charge in [0.15, 0.2) is 0 Å². The third-order valence-corrected chi connectivity index (χ3v) is 4.18. The van der Waals surface area contributed by atoms with Crippen molar-refractivity contribution in [3.05, 3.63) is 66.0 Å². The third-order valence-electron chi connectivity index (χ3n) is 4.18. The Bertz CT molecular complexity index is 899. The minimum Gasteiger partial charge on any atom is -0.496 e. The van der Waals surface area contributed by atoms with Crippen LogP contribution in [0.15, 0.2) is 54.9 Å². The predicted octanol–water partition coefficient (Wildman–Crippen LogP) is 4.20. The van der Waals surface area contributed by atoms with Crippen LogP contribution in [0, 0.1) is 6.92 Å². The fraction of sp³-hybridized carbons (Fsp3) is 0.238. The van der Waals surface area contributed by atoms with Gasteiger partial charge in [0.1, 0.15) is 29.5 Å². The summed E-state index contributed by atoms with van der Waals surface area (Å²) in [4.78, 5) is 8.59. The summed E-state index contributed by atoms with van der Waals surface area (Å²) in [5.41, 5.74) is 3.17. The maximum absolute atomic E-state index is 5.41. The number of hydrogen-bond donors (Lipinski definition) is 2. The Balaban J connectivity index is 1.65. The van der Waals surface area contributed by atoms with E-state index in [-0.39, 0.29) is 0 Å². The Morgan fingerprint density at radius 2 is 1.67 bits per heavy atom. The van der Waals surface area contributed by atoms with Crippen LogP contribution in [0.5, 0.6) is 11.5 Å². The molecule has 0 atom stereocenters. The van der Waals surface area contributed by atoms with Crippen LogP contribution >= 0.6 is 0 Å². The first-order chi connectivity index (χ1) is 13.2. The summed E-state index contributed by atoms with van der Waals surface area (Å²) in [6, 6.07) is 15.9. The summed E-state index contributed by atoms with van der Waals surface area (Å²) < 4.78 is 10.8. The molecule has 0 aliphatic heterocycles. The van der Waals surface area contributed by atoms with Gasteiger partial charge >= 0.3 is 0 Å². The van der Waals surface area contributed by atoms with E-state index in [1.54, 1.807) is 14.2 Å². The highest BCUT2D eigenvalue weighted by atomic mass is 16.5. The highest BCUT2D eigenvalue weighted by Crippen LogP contribution is 2.28. The molecule has 0 aliphatic carbocycles. The lowest BCUT2D eigenvalue weighted by Crippen LogP contribution is -2.08. The molecule has 1 heterocycles. The normalized spacial score (nSPS) is 10.3. The molecule has 0 radical (unpaired) electrons. The molecule has 6 nitrogen and oxygen atoms in total. The fourth-order valence-electron chi connectivity index (χ4n) is 2.81. The van der Waals surface area contributed by atoms with Gasteiger partial charge < -0.3 is 20.1 Å². The second-order valence-corrected chi connectivity index (χ2v) is 6.11. The highest BCUT2D eigenvalue weighted by molar-refractivity contribution is 5.66. The van der Waals surface area contributed by atoms with Crippen molar-refractivity contribution in [2.45, 2.75) is 13.3 Å². The first-order valence-electron chi connectivity index (χ1n) is 8.79. The Hall–Kier alpha value is -3.28. The minimum absolute atomic E-state index is 0.702. The summed E-state index contributed by atoms with van der Waals surface area (Å²) in [6.45, 7) is 2.78. The average Bonchev–Trinajstić information content (AvgIpc) is 2.69. The lowest BCUT2D eigenvalue weighted by atomic mass is 10.1. The van der Waals surface area contributed by atoms with Crippen molar-refractivity contribution >= 4 is 17.3 Å². The van der Waals surface area contributed by atoms with Crippen molar-refractivity contribution in [1.29, 1.82) is 0 Å². The van der Waals surface area contributed by atoms with Crippen LogP contribution in [0.3, 0.4) is 0 Å². The molecule has 0 saturated heterocycles. The van der Waals surface area contributed by atoms with Crippen LogP contribution in [0.2, 0.25) is 0 Å². The number of benzene rings is 2. The Morgan fingerprint density at radius 1 is 0.889 bits per heavy atom. The van der Waals surface area contributed by atoms with Gasteiger partial charge in [0, 0.05) is 12.6 Å². The molecule has 0 fully saturated rings. The number of hydrogen-bond acceptors (Lipinski definition) is 6. The monoisotopic (exact) mass is 364 g/mol. The molecule has 1 aromatic heterocycles. The van der Waals surface area contributed by atoms with Crippen LogP contribution in [-0.2, 0) is 6.42 Å². The zero-order valence-corrected chi connectivity index (χ0v) is 15.8. The molecule has 0 bridgehead atoms. The number of para-hydroxylation sites is 1. The molecule has 0 aliphatic rings. The van der Waals surface area contributed by atoms with Crippen molar-refractivity contribution < 1.29 is 9.47 Å². The number of methoxy groups -OCH3 is 2. The standard InChI is InChI=1S/C21H24N4O2/c1-15-8-9-19(27-3)17(12-15)25-21-13-20(23-14-24-21)22-11-10-16-6-4-5-7-18(16)26-2/h4-9,12-14H,10-11H2,1-3H3,(H2,22,23,24,25). The number of rotatable bonds is 8. The largest absolute Gasteiger partial charge is 0.496 e. The molecule has 0 saturated carbocycles. The van der Waals surface area contributed by atoms with Gasteiger partial charge in [-0.05, 0) is 42.7 Å². The van der Waals surface area contributed by atoms with Gasteiger partial charge in [0.2, 0.25) is 0 Å². The van der Waals surface area contributed by atoms with Crippen LogP contribution < -0.4 is 20.1 Å². The molecule has 2 aromatic carbocycles. The molecule has 2 N–H and O–H groups in total. The molecule has 6 heteroatoms. The predicted molar refractivity (Wildman–Crippen MR) is 108 cm³/mol. The minimum atomic E-state index is 0.702. The summed E-state index contributed by atoms with van der Waals surface area (Å²) >= 11 is 0. The van der Waals surface area contributed by atoms with E-state index in [0.717, 1.165) is 47.1 Å². The molecule has 0 amide bonds. The highest BCUT2D eigenvalue weighted by Gasteiger charge is 2.06. The molecule has 0 spiro atoms. The van der Waals surface area contributed by atoms with Crippen molar-refractivity contribution in [2.75, 3.05) is 31.4 Å². The van der Waals surface area contributed by atoms with Crippen LogP contribution in [0.25, 0.3) is 0 Å². The van der Waals surface area contributed by atoms with Gasteiger partial charge in [-0.15, -0.1) is 0 Å². The molecule has 3 rings (SSSR count). The molecular weight excluding hydrogens is 340 g/mol. The first-order valence-corrected chi connectivity index (χ1v) is 8.79. The van der Waals surface area contributed by atoms with Crippen LogP contribution in [-0.4, -0.2) is 30.7 Å². The molecule has 0 unspecified atom stereocenters. The van der Waals surface area contributed by atoms with E-state index in [0.29, 0.717) is 5.82 Å². The van der Waals surface area contributed by atoms with E-state index in [1.807, 2.05) is 49.4 Å².